The second kappa shape index (κ2) is 5.67. The number of carbonyl (C=O) groups excluding carboxylic acids is 1. The number of alkyl halides is 3. The van der Waals surface area contributed by atoms with E-state index >= 15 is 0 Å². The summed E-state index contributed by atoms with van der Waals surface area (Å²) in [4.78, 5) is 21.6. The number of carbonyl (C=O) groups is 2. The fourth-order valence-corrected chi connectivity index (χ4v) is 1.41. The van der Waals surface area contributed by atoms with E-state index in [1.54, 1.807) is 0 Å². The lowest BCUT2D eigenvalue weighted by atomic mass is 10.2. The molecule has 1 aromatic rings. The zero-order chi connectivity index (χ0) is 14.6. The lowest BCUT2D eigenvalue weighted by molar-refractivity contribution is -0.144. The second-order valence-corrected chi connectivity index (χ2v) is 3.59. The van der Waals surface area contributed by atoms with Crippen molar-refractivity contribution in [3.05, 3.63) is 11.4 Å². The van der Waals surface area contributed by atoms with Crippen molar-refractivity contribution in [2.45, 2.75) is 25.6 Å². The van der Waals surface area contributed by atoms with Crippen LogP contribution in [0.1, 0.15) is 29.0 Å². The molecule has 19 heavy (non-hydrogen) atoms. The van der Waals surface area contributed by atoms with Gasteiger partial charge < -0.3 is 10.4 Å². The first kappa shape index (κ1) is 14.9. The Morgan fingerprint density at radius 2 is 2.05 bits per heavy atom. The number of carboxylic acids is 1. The number of aromatic carboxylic acids is 1. The van der Waals surface area contributed by atoms with Crippen LogP contribution < -0.4 is 5.32 Å². The van der Waals surface area contributed by atoms with Crippen molar-refractivity contribution in [2.24, 2.45) is 0 Å². The third kappa shape index (κ3) is 3.66. The molecule has 1 amide bonds. The number of aryl methyl sites for hydroxylation is 1. The molecule has 7 nitrogen and oxygen atoms in total. The molecule has 0 aromatic carbocycles. The van der Waals surface area contributed by atoms with E-state index in [0.717, 1.165) is 0 Å². The van der Waals surface area contributed by atoms with E-state index in [1.807, 2.05) is 0 Å². The molecule has 10 heteroatoms. The Kier molecular flexibility index (Phi) is 4.46. The normalized spacial score (nSPS) is 11.4. The molecule has 0 saturated heterocycles. The van der Waals surface area contributed by atoms with Gasteiger partial charge in [-0.3, -0.25) is 4.79 Å². The van der Waals surface area contributed by atoms with Gasteiger partial charge in [-0.25, -0.2) is 9.48 Å². The average molecular weight is 280 g/mol. The Labute approximate surface area is 105 Å². The van der Waals surface area contributed by atoms with Crippen LogP contribution in [0.2, 0.25) is 0 Å². The van der Waals surface area contributed by atoms with Crippen LogP contribution in [0.15, 0.2) is 0 Å². The molecule has 1 aromatic heterocycles. The van der Waals surface area contributed by atoms with Crippen molar-refractivity contribution < 1.29 is 27.9 Å². The Balaban J connectivity index is 2.90. The van der Waals surface area contributed by atoms with Crippen LogP contribution in [-0.2, 0) is 17.5 Å². The number of hydrogen-bond donors (Lipinski definition) is 2. The number of nitrogens with one attached hydrogen (secondary N) is 1. The highest BCUT2D eigenvalue weighted by molar-refractivity contribution is 5.86. The predicted octanol–water partition coefficient (Wildman–Crippen LogP) is 0.521. The molecule has 0 aliphatic carbocycles. The van der Waals surface area contributed by atoms with Crippen molar-refractivity contribution in [2.75, 3.05) is 7.05 Å². The maximum absolute atomic E-state index is 12.7. The molecule has 0 spiro atoms. The monoisotopic (exact) mass is 280 g/mol. The fourth-order valence-electron chi connectivity index (χ4n) is 1.41. The van der Waals surface area contributed by atoms with Gasteiger partial charge in [0, 0.05) is 20.0 Å². The lowest BCUT2D eigenvalue weighted by Gasteiger charge is -2.09. The summed E-state index contributed by atoms with van der Waals surface area (Å²) in [7, 11) is 1.40. The number of amides is 1. The zero-order valence-electron chi connectivity index (χ0n) is 9.86. The van der Waals surface area contributed by atoms with E-state index in [2.05, 4.69) is 15.6 Å². The molecule has 0 unspecified atom stereocenters. The number of halogens is 3. The summed E-state index contributed by atoms with van der Waals surface area (Å²) >= 11 is 0. The van der Waals surface area contributed by atoms with Gasteiger partial charge in [-0.15, -0.1) is 5.10 Å². The fraction of sp³-hybridized carbons (Fsp3) is 0.556. The van der Waals surface area contributed by atoms with E-state index < -0.39 is 23.5 Å². The molecule has 1 heterocycles. The zero-order valence-corrected chi connectivity index (χ0v) is 9.86. The number of rotatable bonds is 5. The summed E-state index contributed by atoms with van der Waals surface area (Å²) in [6, 6.07) is 0. The van der Waals surface area contributed by atoms with Crippen molar-refractivity contribution in [3.8, 4) is 0 Å². The van der Waals surface area contributed by atoms with Crippen LogP contribution in [0, 0.1) is 0 Å². The van der Waals surface area contributed by atoms with Crippen LogP contribution in [-0.4, -0.2) is 39.0 Å². The topological polar surface area (TPSA) is 97.1 Å². The molecule has 1 rings (SSSR count). The number of nitrogens with zero attached hydrogens (tertiary/aromatic N) is 3. The summed E-state index contributed by atoms with van der Waals surface area (Å²) < 4.78 is 38.6. The van der Waals surface area contributed by atoms with E-state index in [0.29, 0.717) is 4.68 Å². The van der Waals surface area contributed by atoms with Crippen LogP contribution in [0.3, 0.4) is 0 Å². The minimum absolute atomic E-state index is 0.00998. The van der Waals surface area contributed by atoms with E-state index in [9.17, 15) is 22.8 Å². The number of hydrogen-bond acceptors (Lipinski definition) is 4. The Morgan fingerprint density at radius 1 is 1.42 bits per heavy atom. The second-order valence-electron chi connectivity index (χ2n) is 3.59. The first-order valence-corrected chi connectivity index (χ1v) is 5.22. The summed E-state index contributed by atoms with van der Waals surface area (Å²) in [5, 5.41) is 17.1. The largest absolute Gasteiger partial charge is 0.476 e. The van der Waals surface area contributed by atoms with Crippen LogP contribution in [0.25, 0.3) is 0 Å². The van der Waals surface area contributed by atoms with Gasteiger partial charge in [0.25, 0.3) is 0 Å². The summed E-state index contributed by atoms with van der Waals surface area (Å²) in [5.74, 6) is -2.13. The highest BCUT2D eigenvalue weighted by atomic mass is 19.4. The highest BCUT2D eigenvalue weighted by Crippen LogP contribution is 2.31. The van der Waals surface area contributed by atoms with Gasteiger partial charge in [-0.2, -0.15) is 13.2 Å². The number of aromatic nitrogens is 3. The highest BCUT2D eigenvalue weighted by Gasteiger charge is 2.41. The molecule has 106 valence electrons. The summed E-state index contributed by atoms with van der Waals surface area (Å²) in [6.07, 6.45) is -4.77. The number of carboxylic acid groups (broad SMARTS) is 1. The van der Waals surface area contributed by atoms with Gasteiger partial charge in [0.05, 0.1) is 0 Å². The third-order valence-electron chi connectivity index (χ3n) is 2.26. The van der Waals surface area contributed by atoms with Crippen LogP contribution in [0.4, 0.5) is 13.2 Å². The Morgan fingerprint density at radius 3 is 2.53 bits per heavy atom. The maximum Gasteiger partial charge on any atom is 0.435 e. The van der Waals surface area contributed by atoms with Crippen molar-refractivity contribution >= 4 is 11.9 Å². The molecule has 0 atom stereocenters. The first-order chi connectivity index (χ1) is 8.77. The molecule has 0 fully saturated rings. The third-order valence-corrected chi connectivity index (χ3v) is 2.26. The molecule has 0 radical (unpaired) electrons. The van der Waals surface area contributed by atoms with Crippen LogP contribution >= 0.6 is 0 Å². The smallest absolute Gasteiger partial charge is 0.435 e. The van der Waals surface area contributed by atoms with Gasteiger partial charge in [-0.05, 0) is 6.42 Å². The molecule has 0 bridgehead atoms. The van der Waals surface area contributed by atoms with Gasteiger partial charge in [0.15, 0.2) is 5.69 Å². The minimum atomic E-state index is -4.87. The van der Waals surface area contributed by atoms with Crippen LogP contribution in [0.5, 0.6) is 0 Å². The van der Waals surface area contributed by atoms with Gasteiger partial charge in [0.1, 0.15) is 0 Å². The molecule has 0 aliphatic rings. The van der Waals surface area contributed by atoms with Gasteiger partial charge >= 0.3 is 12.1 Å². The molecular weight excluding hydrogens is 269 g/mol. The first-order valence-electron chi connectivity index (χ1n) is 5.22. The van der Waals surface area contributed by atoms with Gasteiger partial charge in [0.2, 0.25) is 11.6 Å². The molecule has 0 saturated carbocycles. The summed E-state index contributed by atoms with van der Waals surface area (Å²) in [6.45, 7) is -0.247. The average Bonchev–Trinajstić information content (AvgIpc) is 2.72. The standard InChI is InChI=1S/C9H11F3N4O3/c1-13-5(17)3-2-4-16-7(9(10,11)12)6(8(18)19)14-15-16/h2-4H2,1H3,(H,13,17)(H,18,19). The molecule has 0 aliphatic heterocycles. The Bertz CT molecular complexity index is 484. The quantitative estimate of drug-likeness (QED) is 0.819. The van der Waals surface area contributed by atoms with E-state index in [-0.39, 0.29) is 25.3 Å². The SMILES string of the molecule is CNC(=O)CCCn1nnc(C(=O)O)c1C(F)(F)F. The van der Waals surface area contributed by atoms with Crippen molar-refractivity contribution in [1.29, 1.82) is 0 Å². The van der Waals surface area contributed by atoms with E-state index in [1.165, 1.54) is 7.05 Å². The predicted molar refractivity (Wildman–Crippen MR) is 55.3 cm³/mol. The van der Waals surface area contributed by atoms with Gasteiger partial charge in [-0.1, -0.05) is 5.21 Å². The molecule has 2 N–H and O–H groups in total. The molecular formula is C9H11F3N4O3. The van der Waals surface area contributed by atoms with E-state index in [4.69, 9.17) is 5.11 Å². The maximum atomic E-state index is 12.7. The Hall–Kier alpha value is -2.13. The summed E-state index contributed by atoms with van der Waals surface area (Å²) in [5.41, 5.74) is -2.57. The van der Waals surface area contributed by atoms with Crippen molar-refractivity contribution in [3.63, 3.8) is 0 Å². The van der Waals surface area contributed by atoms with Crippen molar-refractivity contribution in [1.82, 2.24) is 20.3 Å². The minimum Gasteiger partial charge on any atom is -0.476 e. The lowest BCUT2D eigenvalue weighted by Crippen LogP contribution is -2.20.